The molecule has 1 aromatic heterocycles. The molecule has 0 spiro atoms. The van der Waals surface area contributed by atoms with E-state index in [1.165, 1.54) is 12.0 Å². The molecular formula is C20H26N4O2. The van der Waals surface area contributed by atoms with E-state index in [0.29, 0.717) is 19.1 Å². The fraction of sp³-hybridized carbons (Fsp3) is 0.500. The summed E-state index contributed by atoms with van der Waals surface area (Å²) in [5.74, 6) is 2.26. The number of anilines is 1. The summed E-state index contributed by atoms with van der Waals surface area (Å²) in [5.41, 5.74) is 3.26. The smallest absolute Gasteiger partial charge is 0.133 e. The molecule has 1 aromatic carbocycles. The first-order valence-electron chi connectivity index (χ1n) is 9.44. The number of nitrogens with zero attached hydrogens (tertiary/aromatic N) is 3. The van der Waals surface area contributed by atoms with Gasteiger partial charge in [-0.05, 0) is 36.9 Å². The molecular weight excluding hydrogens is 328 g/mol. The number of para-hydroxylation sites is 1. The van der Waals surface area contributed by atoms with Gasteiger partial charge in [0, 0.05) is 38.2 Å². The number of fused-ring (bicyclic) bond motifs is 2. The number of rotatable bonds is 5. The second kappa shape index (κ2) is 8.01. The molecule has 0 unspecified atom stereocenters. The number of hydrogen-bond donors (Lipinski definition) is 2. The van der Waals surface area contributed by atoms with Crippen molar-refractivity contribution in [3.63, 3.8) is 0 Å². The van der Waals surface area contributed by atoms with Crippen molar-refractivity contribution < 1.29 is 9.84 Å². The summed E-state index contributed by atoms with van der Waals surface area (Å²) < 4.78 is 5.90. The van der Waals surface area contributed by atoms with Gasteiger partial charge in [-0.1, -0.05) is 18.2 Å². The van der Waals surface area contributed by atoms with Crippen LogP contribution in [0.3, 0.4) is 0 Å². The molecule has 26 heavy (non-hydrogen) atoms. The van der Waals surface area contributed by atoms with Crippen molar-refractivity contribution in [3.8, 4) is 5.75 Å². The van der Waals surface area contributed by atoms with Crippen molar-refractivity contribution in [2.45, 2.75) is 25.9 Å². The summed E-state index contributed by atoms with van der Waals surface area (Å²) in [6.07, 6.45) is 4.70. The Morgan fingerprint density at radius 3 is 3.12 bits per heavy atom. The third kappa shape index (κ3) is 3.81. The molecule has 2 aliphatic heterocycles. The molecule has 2 N–H and O–H groups in total. The molecule has 4 rings (SSSR count). The largest absolute Gasteiger partial charge is 0.487 e. The number of benzene rings is 1. The number of piperidine rings is 1. The summed E-state index contributed by atoms with van der Waals surface area (Å²) in [6.45, 7) is 4.67. The minimum Gasteiger partial charge on any atom is -0.487 e. The van der Waals surface area contributed by atoms with Gasteiger partial charge >= 0.3 is 0 Å². The summed E-state index contributed by atoms with van der Waals surface area (Å²) in [5, 5.41) is 12.9. The minimum absolute atomic E-state index is 0.294. The standard InChI is InChI=1S/C20H26N4O2/c25-12-15-4-3-8-24(11-15)9-7-21-20-17-10-16-5-1-2-6-19(16)26-13-18(17)22-14-23-20/h1-2,5-6,14-15,25H,3-4,7-13H2,(H,21,22,23)/t15-/m0/s1. The lowest BCUT2D eigenvalue weighted by atomic mass is 9.99. The molecule has 0 aliphatic carbocycles. The molecule has 0 amide bonds. The van der Waals surface area contributed by atoms with Gasteiger partial charge in [-0.25, -0.2) is 9.97 Å². The zero-order chi connectivity index (χ0) is 17.8. The molecule has 3 heterocycles. The first-order valence-corrected chi connectivity index (χ1v) is 9.44. The number of nitrogens with one attached hydrogen (secondary N) is 1. The fourth-order valence-corrected chi connectivity index (χ4v) is 3.87. The number of hydrogen-bond acceptors (Lipinski definition) is 6. The van der Waals surface area contributed by atoms with Crippen molar-refractivity contribution >= 4 is 5.82 Å². The molecule has 138 valence electrons. The quantitative estimate of drug-likeness (QED) is 0.857. The van der Waals surface area contributed by atoms with Gasteiger partial charge in [-0.15, -0.1) is 0 Å². The van der Waals surface area contributed by atoms with Gasteiger partial charge in [0.15, 0.2) is 0 Å². The lowest BCUT2D eigenvalue weighted by molar-refractivity contribution is 0.123. The van der Waals surface area contributed by atoms with Gasteiger partial charge in [-0.2, -0.15) is 0 Å². The van der Waals surface area contributed by atoms with E-state index >= 15 is 0 Å². The lowest BCUT2D eigenvalue weighted by Crippen LogP contribution is -2.39. The average molecular weight is 354 g/mol. The molecule has 1 saturated heterocycles. The molecule has 0 saturated carbocycles. The van der Waals surface area contributed by atoms with Crippen molar-refractivity contribution in [1.29, 1.82) is 0 Å². The van der Waals surface area contributed by atoms with Crippen LogP contribution in [0.1, 0.15) is 29.7 Å². The molecule has 0 bridgehead atoms. The highest BCUT2D eigenvalue weighted by atomic mass is 16.5. The molecule has 6 nitrogen and oxygen atoms in total. The van der Waals surface area contributed by atoms with Crippen molar-refractivity contribution in [2.24, 2.45) is 5.92 Å². The zero-order valence-electron chi connectivity index (χ0n) is 15.0. The molecule has 2 aliphatic rings. The van der Waals surface area contributed by atoms with E-state index in [0.717, 1.165) is 61.8 Å². The van der Waals surface area contributed by atoms with Crippen LogP contribution in [0, 0.1) is 5.92 Å². The van der Waals surface area contributed by atoms with Crippen molar-refractivity contribution in [2.75, 3.05) is 38.1 Å². The van der Waals surface area contributed by atoms with Crippen LogP contribution in [0.15, 0.2) is 30.6 Å². The Bertz CT molecular complexity index is 752. The van der Waals surface area contributed by atoms with Gasteiger partial charge in [0.05, 0.1) is 5.69 Å². The van der Waals surface area contributed by atoms with Crippen LogP contribution >= 0.6 is 0 Å². The summed E-state index contributed by atoms with van der Waals surface area (Å²) in [4.78, 5) is 11.3. The molecule has 2 aromatic rings. The van der Waals surface area contributed by atoms with Gasteiger partial charge < -0.3 is 20.1 Å². The normalized spacial score (nSPS) is 19.8. The van der Waals surface area contributed by atoms with Crippen LogP contribution in [0.2, 0.25) is 0 Å². The number of aliphatic hydroxyl groups excluding tert-OH is 1. The third-order valence-electron chi connectivity index (χ3n) is 5.32. The van der Waals surface area contributed by atoms with E-state index in [1.54, 1.807) is 6.33 Å². The predicted octanol–water partition coefficient (Wildman–Crippen LogP) is 2.08. The Labute approximate surface area is 154 Å². The Kier molecular flexibility index (Phi) is 5.32. The highest BCUT2D eigenvalue weighted by Gasteiger charge is 2.20. The Balaban J connectivity index is 1.42. The average Bonchev–Trinajstić information content (AvgIpc) is 2.88. The number of ether oxygens (including phenoxy) is 1. The summed E-state index contributed by atoms with van der Waals surface area (Å²) >= 11 is 0. The van der Waals surface area contributed by atoms with Crippen molar-refractivity contribution in [3.05, 3.63) is 47.4 Å². The summed E-state index contributed by atoms with van der Waals surface area (Å²) in [6, 6.07) is 8.15. The monoisotopic (exact) mass is 354 g/mol. The van der Waals surface area contributed by atoms with E-state index < -0.39 is 0 Å². The molecule has 1 fully saturated rings. The second-order valence-electron chi connectivity index (χ2n) is 7.14. The van der Waals surface area contributed by atoms with E-state index in [-0.39, 0.29) is 0 Å². The number of aliphatic hydroxyl groups is 1. The predicted molar refractivity (Wildman–Crippen MR) is 100 cm³/mol. The topological polar surface area (TPSA) is 70.5 Å². The maximum absolute atomic E-state index is 9.38. The second-order valence-corrected chi connectivity index (χ2v) is 7.14. The first kappa shape index (κ1) is 17.2. The maximum atomic E-state index is 9.38. The minimum atomic E-state index is 0.294. The lowest BCUT2D eigenvalue weighted by Gasteiger charge is -2.31. The fourth-order valence-electron chi connectivity index (χ4n) is 3.87. The number of likely N-dealkylation sites (tertiary alicyclic amines) is 1. The van der Waals surface area contributed by atoms with Crippen LogP contribution in [0.5, 0.6) is 5.75 Å². The Hall–Kier alpha value is -2.18. The SMILES string of the molecule is OC[C@H]1CCCN(CCNc2ncnc3c2Cc2ccccc2OC3)C1. The van der Waals surface area contributed by atoms with Crippen LogP contribution < -0.4 is 10.1 Å². The first-order chi connectivity index (χ1) is 12.8. The number of aromatic nitrogens is 2. The van der Waals surface area contributed by atoms with Gasteiger partial charge in [0.2, 0.25) is 0 Å². The van der Waals surface area contributed by atoms with Crippen molar-refractivity contribution in [1.82, 2.24) is 14.9 Å². The Morgan fingerprint density at radius 2 is 2.19 bits per heavy atom. The molecule has 1 atom stereocenters. The zero-order valence-corrected chi connectivity index (χ0v) is 15.0. The molecule has 0 radical (unpaired) electrons. The van der Waals surface area contributed by atoms with Gasteiger partial charge in [0.1, 0.15) is 24.5 Å². The van der Waals surface area contributed by atoms with E-state index in [2.05, 4.69) is 26.3 Å². The van der Waals surface area contributed by atoms with E-state index in [4.69, 9.17) is 4.74 Å². The van der Waals surface area contributed by atoms with Gasteiger partial charge in [-0.3, -0.25) is 0 Å². The van der Waals surface area contributed by atoms with Crippen LogP contribution in [-0.4, -0.2) is 52.8 Å². The van der Waals surface area contributed by atoms with E-state index in [1.807, 2.05) is 18.2 Å². The highest BCUT2D eigenvalue weighted by molar-refractivity contribution is 5.51. The summed E-state index contributed by atoms with van der Waals surface area (Å²) in [7, 11) is 0. The Morgan fingerprint density at radius 1 is 1.27 bits per heavy atom. The van der Waals surface area contributed by atoms with Crippen LogP contribution in [-0.2, 0) is 13.0 Å². The highest BCUT2D eigenvalue weighted by Crippen LogP contribution is 2.30. The third-order valence-corrected chi connectivity index (χ3v) is 5.32. The van der Waals surface area contributed by atoms with Crippen LogP contribution in [0.4, 0.5) is 5.82 Å². The molecule has 6 heteroatoms. The van der Waals surface area contributed by atoms with Crippen LogP contribution in [0.25, 0.3) is 0 Å². The van der Waals surface area contributed by atoms with Gasteiger partial charge in [0.25, 0.3) is 0 Å². The van der Waals surface area contributed by atoms with E-state index in [9.17, 15) is 5.11 Å². The maximum Gasteiger partial charge on any atom is 0.133 e.